The number of methoxy groups -OCH3 is 1. The van der Waals surface area contributed by atoms with E-state index >= 15 is 0 Å². The van der Waals surface area contributed by atoms with Crippen LogP contribution < -0.4 is 0 Å². The fraction of sp³-hybridized carbons (Fsp3) is 1.00. The third-order valence-corrected chi connectivity index (χ3v) is 1.42. The molecule has 0 aromatic heterocycles. The molecule has 0 saturated carbocycles. The molecule has 0 aliphatic rings. The molecule has 0 bridgehead atoms. The summed E-state index contributed by atoms with van der Waals surface area (Å²) in [5.74, 6) is 0. The quantitative estimate of drug-likeness (QED) is 0.620. The minimum absolute atomic E-state index is 0.384. The van der Waals surface area contributed by atoms with Crippen molar-refractivity contribution in [1.29, 1.82) is 0 Å². The Hall–Kier alpha value is -0.0800. The summed E-state index contributed by atoms with van der Waals surface area (Å²) in [5, 5.41) is 0. The fourth-order valence-corrected chi connectivity index (χ4v) is 0.463. The zero-order chi connectivity index (χ0) is 10.7. The summed E-state index contributed by atoms with van der Waals surface area (Å²) in [4.78, 5) is 0. The highest BCUT2D eigenvalue weighted by atomic mass is 16.5. The first-order chi connectivity index (χ1) is 6.04. The summed E-state index contributed by atoms with van der Waals surface area (Å²) in [6, 6.07) is 0. The molecule has 0 atom stereocenters. The van der Waals surface area contributed by atoms with Crippen molar-refractivity contribution in [2.75, 3.05) is 13.7 Å². The molecule has 0 spiro atoms. The Morgan fingerprint density at radius 2 is 1.46 bits per heavy atom. The summed E-state index contributed by atoms with van der Waals surface area (Å²) in [5.41, 5.74) is 0. The first kappa shape index (κ1) is 15.4. The van der Waals surface area contributed by atoms with Crippen molar-refractivity contribution < 1.29 is 9.47 Å². The topological polar surface area (TPSA) is 18.5 Å². The monoisotopic (exact) mass is 190 g/mol. The number of ether oxygens (including phenoxy) is 2. The Balaban J connectivity index is 0. The summed E-state index contributed by atoms with van der Waals surface area (Å²) >= 11 is 0. The van der Waals surface area contributed by atoms with E-state index in [0.717, 1.165) is 6.61 Å². The van der Waals surface area contributed by atoms with Crippen LogP contribution >= 0.6 is 0 Å². The van der Waals surface area contributed by atoms with E-state index in [-0.39, 0.29) is 0 Å². The van der Waals surface area contributed by atoms with Gasteiger partial charge in [0.15, 0.2) is 0 Å². The van der Waals surface area contributed by atoms with E-state index in [0.29, 0.717) is 12.2 Å². The SMILES string of the molecule is CCCCOC(C)C.COC(C)C. The van der Waals surface area contributed by atoms with E-state index in [2.05, 4.69) is 20.8 Å². The van der Waals surface area contributed by atoms with Crippen LogP contribution in [0.4, 0.5) is 0 Å². The van der Waals surface area contributed by atoms with Gasteiger partial charge in [0.1, 0.15) is 0 Å². The standard InChI is InChI=1S/C7H16O.C4H10O/c1-4-5-6-8-7(2)3;1-4(2)5-3/h7H,4-6H2,1-3H3;4H,1-3H3. The van der Waals surface area contributed by atoms with Crippen molar-refractivity contribution in [3.8, 4) is 0 Å². The molecule has 13 heavy (non-hydrogen) atoms. The van der Waals surface area contributed by atoms with Crippen molar-refractivity contribution in [3.63, 3.8) is 0 Å². The maximum absolute atomic E-state index is 5.28. The van der Waals surface area contributed by atoms with Gasteiger partial charge in [0.05, 0.1) is 12.2 Å². The molecular formula is C11H26O2. The van der Waals surface area contributed by atoms with Crippen LogP contribution in [-0.4, -0.2) is 25.9 Å². The highest BCUT2D eigenvalue weighted by Crippen LogP contribution is 1.91. The molecule has 82 valence electrons. The maximum atomic E-state index is 5.28. The Morgan fingerprint density at radius 1 is 1.00 bits per heavy atom. The van der Waals surface area contributed by atoms with Gasteiger partial charge in [-0.25, -0.2) is 0 Å². The smallest absolute Gasteiger partial charge is 0.0518 e. The first-order valence-electron chi connectivity index (χ1n) is 5.18. The summed E-state index contributed by atoms with van der Waals surface area (Å²) in [7, 11) is 1.70. The average Bonchev–Trinajstić information content (AvgIpc) is 2.05. The van der Waals surface area contributed by atoms with Crippen LogP contribution in [0.3, 0.4) is 0 Å². The molecule has 0 aliphatic heterocycles. The lowest BCUT2D eigenvalue weighted by atomic mass is 10.3. The summed E-state index contributed by atoms with van der Waals surface area (Å²) in [6.07, 6.45) is 3.21. The molecule has 0 amide bonds. The molecule has 0 aromatic carbocycles. The highest BCUT2D eigenvalue weighted by molar-refractivity contribution is 4.36. The van der Waals surface area contributed by atoms with E-state index < -0.39 is 0 Å². The second-order valence-electron chi connectivity index (χ2n) is 3.56. The molecule has 2 nitrogen and oxygen atoms in total. The lowest BCUT2D eigenvalue weighted by Gasteiger charge is -2.04. The second kappa shape index (κ2) is 11.9. The number of hydrogen-bond acceptors (Lipinski definition) is 2. The minimum atomic E-state index is 0.384. The number of rotatable bonds is 5. The van der Waals surface area contributed by atoms with E-state index in [1.165, 1.54) is 12.8 Å². The van der Waals surface area contributed by atoms with Gasteiger partial charge in [0, 0.05) is 13.7 Å². The van der Waals surface area contributed by atoms with Gasteiger partial charge in [-0.05, 0) is 34.1 Å². The summed E-state index contributed by atoms with van der Waals surface area (Å²) < 4.78 is 10.0. The van der Waals surface area contributed by atoms with Crippen molar-refractivity contribution in [1.82, 2.24) is 0 Å². The van der Waals surface area contributed by atoms with Gasteiger partial charge in [-0.1, -0.05) is 13.3 Å². The Labute approximate surface area is 83.6 Å². The van der Waals surface area contributed by atoms with Gasteiger partial charge >= 0.3 is 0 Å². The van der Waals surface area contributed by atoms with Crippen molar-refractivity contribution in [2.45, 2.75) is 59.7 Å². The molecule has 0 unspecified atom stereocenters. The Morgan fingerprint density at radius 3 is 1.69 bits per heavy atom. The molecule has 0 saturated heterocycles. The normalized spacial score (nSPS) is 10.2. The third-order valence-electron chi connectivity index (χ3n) is 1.42. The predicted octanol–water partition coefficient (Wildman–Crippen LogP) is 3.25. The van der Waals surface area contributed by atoms with E-state index in [1.54, 1.807) is 7.11 Å². The van der Waals surface area contributed by atoms with Crippen LogP contribution in [0.15, 0.2) is 0 Å². The van der Waals surface area contributed by atoms with Gasteiger partial charge in [0.25, 0.3) is 0 Å². The molecule has 2 heteroatoms. The highest BCUT2D eigenvalue weighted by Gasteiger charge is 1.89. The van der Waals surface area contributed by atoms with E-state index in [1.807, 2.05) is 13.8 Å². The zero-order valence-corrected chi connectivity index (χ0v) is 10.1. The van der Waals surface area contributed by atoms with E-state index in [9.17, 15) is 0 Å². The fourth-order valence-electron chi connectivity index (χ4n) is 0.463. The van der Waals surface area contributed by atoms with Gasteiger partial charge < -0.3 is 9.47 Å². The lowest BCUT2D eigenvalue weighted by molar-refractivity contribution is 0.0767. The molecule has 0 rings (SSSR count). The van der Waals surface area contributed by atoms with Gasteiger partial charge in [-0.2, -0.15) is 0 Å². The third kappa shape index (κ3) is 24.5. The number of unbranched alkanes of at least 4 members (excludes halogenated alkanes) is 1. The molecule has 0 fully saturated rings. The molecular weight excluding hydrogens is 164 g/mol. The maximum Gasteiger partial charge on any atom is 0.0518 e. The molecule has 0 radical (unpaired) electrons. The molecule has 0 aliphatic carbocycles. The van der Waals surface area contributed by atoms with E-state index in [4.69, 9.17) is 9.47 Å². The van der Waals surface area contributed by atoms with Crippen molar-refractivity contribution in [3.05, 3.63) is 0 Å². The van der Waals surface area contributed by atoms with Crippen LogP contribution in [-0.2, 0) is 9.47 Å². The minimum Gasteiger partial charge on any atom is -0.382 e. The van der Waals surface area contributed by atoms with Gasteiger partial charge in [0.2, 0.25) is 0 Å². The second-order valence-corrected chi connectivity index (χ2v) is 3.56. The molecule has 0 aromatic rings. The van der Waals surface area contributed by atoms with Crippen LogP contribution in [0.1, 0.15) is 47.5 Å². The molecule has 0 N–H and O–H groups in total. The van der Waals surface area contributed by atoms with Crippen LogP contribution in [0.5, 0.6) is 0 Å². The zero-order valence-electron chi connectivity index (χ0n) is 10.1. The summed E-state index contributed by atoms with van der Waals surface area (Å²) in [6.45, 7) is 11.2. The Kier molecular flexibility index (Phi) is 14.1. The van der Waals surface area contributed by atoms with Gasteiger partial charge in [-0.15, -0.1) is 0 Å². The van der Waals surface area contributed by atoms with Crippen LogP contribution in [0.25, 0.3) is 0 Å². The van der Waals surface area contributed by atoms with Gasteiger partial charge in [-0.3, -0.25) is 0 Å². The van der Waals surface area contributed by atoms with Crippen LogP contribution in [0, 0.1) is 0 Å². The molecule has 0 heterocycles. The predicted molar refractivity (Wildman–Crippen MR) is 58.1 cm³/mol. The largest absolute Gasteiger partial charge is 0.382 e. The van der Waals surface area contributed by atoms with Crippen LogP contribution in [0.2, 0.25) is 0 Å². The average molecular weight is 190 g/mol. The lowest BCUT2D eigenvalue weighted by Crippen LogP contribution is -2.02. The first-order valence-corrected chi connectivity index (χ1v) is 5.18. The number of hydrogen-bond donors (Lipinski definition) is 0. The Bertz CT molecular complexity index is 80.2. The van der Waals surface area contributed by atoms with Crippen molar-refractivity contribution in [2.24, 2.45) is 0 Å². The van der Waals surface area contributed by atoms with Crippen molar-refractivity contribution >= 4 is 0 Å².